The second-order valence-corrected chi connectivity index (χ2v) is 6.42. The Morgan fingerprint density at radius 3 is 3.00 bits per heavy atom. The summed E-state index contributed by atoms with van der Waals surface area (Å²) in [6.07, 6.45) is 4.48. The molecular weight excluding hydrogens is 258 g/mol. The Labute approximate surface area is 118 Å². The lowest BCUT2D eigenvalue weighted by Gasteiger charge is -2.36. The number of aryl methyl sites for hydroxylation is 1. The van der Waals surface area contributed by atoms with Crippen molar-refractivity contribution in [1.29, 1.82) is 0 Å². The van der Waals surface area contributed by atoms with E-state index < -0.39 is 0 Å². The number of hydrogen-bond donors (Lipinski definition) is 1. The third-order valence-electron chi connectivity index (χ3n) is 4.32. The maximum Gasteiger partial charge on any atom is 0.129 e. The van der Waals surface area contributed by atoms with Crippen molar-refractivity contribution in [2.24, 2.45) is 18.7 Å². The van der Waals surface area contributed by atoms with Crippen molar-refractivity contribution in [3.05, 3.63) is 29.0 Å². The number of fused-ring (bicyclic) bond motifs is 1. The number of nitrogens with two attached hydrogens (primary N) is 1. The van der Waals surface area contributed by atoms with Crippen LogP contribution in [0.5, 0.6) is 0 Å². The van der Waals surface area contributed by atoms with Crippen molar-refractivity contribution in [2.75, 3.05) is 0 Å². The molecule has 0 amide bonds. The van der Waals surface area contributed by atoms with E-state index in [2.05, 4.69) is 11.5 Å². The maximum atomic E-state index is 6.66. The van der Waals surface area contributed by atoms with E-state index in [4.69, 9.17) is 22.3 Å². The van der Waals surface area contributed by atoms with Gasteiger partial charge in [-0.15, -0.1) is 0 Å². The molecule has 3 nitrogen and oxygen atoms in total. The third-order valence-corrected chi connectivity index (χ3v) is 4.56. The SMILES string of the molecule is CC1CCCC(N)(c2nc3cc(Cl)ccc3n2C)C1. The van der Waals surface area contributed by atoms with Crippen LogP contribution < -0.4 is 5.73 Å². The van der Waals surface area contributed by atoms with Gasteiger partial charge in [0.25, 0.3) is 0 Å². The summed E-state index contributed by atoms with van der Waals surface area (Å²) >= 11 is 6.04. The summed E-state index contributed by atoms with van der Waals surface area (Å²) in [5, 5.41) is 0.722. The predicted octanol–water partition coefficient (Wildman–Crippen LogP) is 3.59. The van der Waals surface area contributed by atoms with E-state index in [-0.39, 0.29) is 5.54 Å². The number of halogens is 1. The molecule has 1 aromatic heterocycles. The molecule has 2 N–H and O–H groups in total. The first-order valence-corrected chi connectivity index (χ1v) is 7.29. The maximum absolute atomic E-state index is 6.66. The fraction of sp³-hybridized carbons (Fsp3) is 0.533. The number of rotatable bonds is 1. The van der Waals surface area contributed by atoms with Crippen LogP contribution in [0, 0.1) is 5.92 Å². The largest absolute Gasteiger partial charge is 0.330 e. The van der Waals surface area contributed by atoms with E-state index in [1.54, 1.807) is 0 Å². The number of nitrogens with zero attached hydrogens (tertiary/aromatic N) is 2. The first-order valence-electron chi connectivity index (χ1n) is 6.91. The molecule has 4 heteroatoms. The van der Waals surface area contributed by atoms with Gasteiger partial charge in [0.1, 0.15) is 5.82 Å². The van der Waals surface area contributed by atoms with Crippen LogP contribution in [0.2, 0.25) is 5.02 Å². The van der Waals surface area contributed by atoms with Crippen molar-refractivity contribution in [3.8, 4) is 0 Å². The van der Waals surface area contributed by atoms with Crippen LogP contribution in [0.1, 0.15) is 38.4 Å². The summed E-state index contributed by atoms with van der Waals surface area (Å²) in [5.74, 6) is 1.67. The molecule has 0 spiro atoms. The molecule has 0 saturated heterocycles. The van der Waals surface area contributed by atoms with Crippen LogP contribution in [0.15, 0.2) is 18.2 Å². The topological polar surface area (TPSA) is 43.8 Å². The minimum absolute atomic E-state index is 0.294. The molecule has 0 radical (unpaired) electrons. The second kappa shape index (κ2) is 4.50. The molecule has 0 bridgehead atoms. The highest BCUT2D eigenvalue weighted by atomic mass is 35.5. The average Bonchev–Trinajstić information content (AvgIpc) is 2.66. The van der Waals surface area contributed by atoms with Gasteiger partial charge in [0, 0.05) is 12.1 Å². The standard InChI is InChI=1S/C15H20ClN3/c1-10-4-3-7-15(17,9-10)14-18-12-8-11(16)5-6-13(12)19(14)2/h5-6,8,10H,3-4,7,9,17H2,1-2H3. The van der Waals surface area contributed by atoms with Crippen molar-refractivity contribution in [1.82, 2.24) is 9.55 Å². The summed E-state index contributed by atoms with van der Waals surface area (Å²) in [6, 6.07) is 5.84. The Hall–Kier alpha value is -1.06. The van der Waals surface area contributed by atoms with Gasteiger partial charge in [-0.3, -0.25) is 0 Å². The Bertz CT molecular complexity index is 619. The first-order chi connectivity index (χ1) is 8.99. The van der Waals surface area contributed by atoms with Crippen molar-refractivity contribution in [3.63, 3.8) is 0 Å². The molecule has 1 heterocycles. The molecule has 0 aliphatic heterocycles. The van der Waals surface area contributed by atoms with E-state index in [9.17, 15) is 0 Å². The molecule has 1 aromatic carbocycles. The van der Waals surface area contributed by atoms with Gasteiger partial charge in [-0.05, 0) is 37.0 Å². The van der Waals surface area contributed by atoms with E-state index in [0.717, 1.165) is 34.7 Å². The van der Waals surface area contributed by atoms with E-state index in [1.807, 2.05) is 25.2 Å². The molecular formula is C15H20ClN3. The normalized spacial score (nSPS) is 27.9. The van der Waals surface area contributed by atoms with E-state index in [0.29, 0.717) is 5.92 Å². The first kappa shape index (κ1) is 12.9. The van der Waals surface area contributed by atoms with Gasteiger partial charge in [0.05, 0.1) is 16.6 Å². The molecule has 2 atom stereocenters. The Balaban J connectivity index is 2.11. The quantitative estimate of drug-likeness (QED) is 0.866. The van der Waals surface area contributed by atoms with Crippen LogP contribution >= 0.6 is 11.6 Å². The van der Waals surface area contributed by atoms with Gasteiger partial charge in [0.15, 0.2) is 0 Å². The number of benzene rings is 1. The minimum Gasteiger partial charge on any atom is -0.330 e. The molecule has 19 heavy (non-hydrogen) atoms. The highest BCUT2D eigenvalue weighted by Gasteiger charge is 2.36. The van der Waals surface area contributed by atoms with Crippen LogP contribution in [0.3, 0.4) is 0 Å². The molecule has 1 aliphatic carbocycles. The smallest absolute Gasteiger partial charge is 0.129 e. The lowest BCUT2D eigenvalue weighted by atomic mass is 9.76. The summed E-state index contributed by atoms with van der Waals surface area (Å²) < 4.78 is 2.13. The van der Waals surface area contributed by atoms with Gasteiger partial charge in [-0.1, -0.05) is 31.4 Å². The highest BCUT2D eigenvalue weighted by Crippen LogP contribution is 2.38. The molecule has 2 aromatic rings. The van der Waals surface area contributed by atoms with Gasteiger partial charge in [0.2, 0.25) is 0 Å². The number of hydrogen-bond acceptors (Lipinski definition) is 2. The zero-order chi connectivity index (χ0) is 13.6. The molecule has 1 fully saturated rings. The van der Waals surface area contributed by atoms with Gasteiger partial charge in [-0.2, -0.15) is 0 Å². The van der Waals surface area contributed by atoms with Crippen LogP contribution in [-0.4, -0.2) is 9.55 Å². The Morgan fingerprint density at radius 1 is 1.47 bits per heavy atom. The van der Waals surface area contributed by atoms with Crippen LogP contribution in [0.25, 0.3) is 11.0 Å². The van der Waals surface area contributed by atoms with Gasteiger partial charge < -0.3 is 10.3 Å². The molecule has 1 saturated carbocycles. The van der Waals surface area contributed by atoms with E-state index in [1.165, 1.54) is 12.8 Å². The summed E-state index contributed by atoms with van der Waals surface area (Å²) in [4.78, 5) is 4.76. The van der Waals surface area contributed by atoms with Crippen molar-refractivity contribution in [2.45, 2.75) is 38.1 Å². The van der Waals surface area contributed by atoms with Gasteiger partial charge >= 0.3 is 0 Å². The fourth-order valence-electron chi connectivity index (χ4n) is 3.41. The lowest BCUT2D eigenvalue weighted by molar-refractivity contribution is 0.225. The number of aromatic nitrogens is 2. The Morgan fingerprint density at radius 2 is 2.26 bits per heavy atom. The lowest BCUT2D eigenvalue weighted by Crippen LogP contribution is -2.43. The van der Waals surface area contributed by atoms with E-state index >= 15 is 0 Å². The average molecular weight is 278 g/mol. The third kappa shape index (κ3) is 2.15. The van der Waals surface area contributed by atoms with Crippen LogP contribution in [-0.2, 0) is 12.6 Å². The number of imidazole rings is 1. The fourth-order valence-corrected chi connectivity index (χ4v) is 3.58. The monoisotopic (exact) mass is 277 g/mol. The van der Waals surface area contributed by atoms with Crippen molar-refractivity contribution >= 4 is 22.6 Å². The Kier molecular flexibility index (Phi) is 3.06. The zero-order valence-electron chi connectivity index (χ0n) is 11.5. The second-order valence-electron chi connectivity index (χ2n) is 5.99. The molecule has 1 aliphatic rings. The molecule has 3 rings (SSSR count). The molecule has 2 unspecified atom stereocenters. The van der Waals surface area contributed by atoms with Crippen molar-refractivity contribution < 1.29 is 0 Å². The summed E-state index contributed by atoms with van der Waals surface area (Å²) in [5.41, 5.74) is 8.40. The van der Waals surface area contributed by atoms with Crippen LogP contribution in [0.4, 0.5) is 0 Å². The summed E-state index contributed by atoms with van der Waals surface area (Å²) in [7, 11) is 2.05. The molecule has 102 valence electrons. The predicted molar refractivity (Wildman–Crippen MR) is 79.2 cm³/mol. The van der Waals surface area contributed by atoms with Gasteiger partial charge in [-0.25, -0.2) is 4.98 Å². The minimum atomic E-state index is -0.294. The highest BCUT2D eigenvalue weighted by molar-refractivity contribution is 6.31. The summed E-state index contributed by atoms with van der Waals surface area (Å²) in [6.45, 7) is 2.28. The zero-order valence-corrected chi connectivity index (χ0v) is 12.2.